The number of aliphatic hydroxyl groups excluding tert-OH is 2. The standard InChI is InChI=1S/C27H40O7/c1-5-6-7-8-9-10-16-20-15(3)21(29)27(32)24-25(4)17(14(2)11-18(28)22(25)30)12-19(34-23(16)31)26(20,24)13-33-27/h11,15-17,19-22,24,29-30,32H,5-10,12-13H2,1-4H3/t15?,16-,17?,19?,20?,21+,22-,24?,25?,26+,27?/m1/s1. The quantitative estimate of drug-likeness (QED) is 0.399. The largest absolute Gasteiger partial charge is 0.461 e. The fourth-order valence-corrected chi connectivity index (χ4v) is 9.08. The molecule has 7 nitrogen and oxygen atoms in total. The van der Waals surface area contributed by atoms with Gasteiger partial charge in [-0.25, -0.2) is 0 Å². The molecule has 4 fully saturated rings. The Hall–Kier alpha value is -1.28. The molecule has 3 N–H and O–H groups in total. The van der Waals surface area contributed by atoms with Gasteiger partial charge in [-0.1, -0.05) is 58.4 Å². The maximum atomic E-state index is 13.4. The highest BCUT2D eigenvalue weighted by molar-refractivity contribution is 5.96. The molecule has 0 radical (unpaired) electrons. The Labute approximate surface area is 201 Å². The molecule has 11 atom stereocenters. The zero-order valence-corrected chi connectivity index (χ0v) is 20.8. The van der Waals surface area contributed by atoms with Crippen LogP contribution >= 0.6 is 0 Å². The van der Waals surface area contributed by atoms with Gasteiger partial charge in [-0.15, -0.1) is 0 Å². The average molecular weight is 477 g/mol. The summed E-state index contributed by atoms with van der Waals surface area (Å²) in [5, 5.41) is 34.6. The van der Waals surface area contributed by atoms with Crippen LogP contribution in [0.1, 0.15) is 72.6 Å². The van der Waals surface area contributed by atoms with Crippen LogP contribution in [0.2, 0.25) is 0 Å². The summed E-state index contributed by atoms with van der Waals surface area (Å²) >= 11 is 0. The van der Waals surface area contributed by atoms with Crippen molar-refractivity contribution in [1.82, 2.24) is 0 Å². The van der Waals surface area contributed by atoms with E-state index < -0.39 is 46.8 Å². The van der Waals surface area contributed by atoms with Crippen molar-refractivity contribution in [3.8, 4) is 0 Å². The van der Waals surface area contributed by atoms with Crippen LogP contribution in [0.5, 0.6) is 0 Å². The Bertz CT molecular complexity index is 899. The molecular weight excluding hydrogens is 436 g/mol. The maximum absolute atomic E-state index is 13.4. The Kier molecular flexibility index (Phi) is 5.83. The number of aliphatic hydroxyl groups is 3. The van der Waals surface area contributed by atoms with Crippen molar-refractivity contribution in [2.24, 2.45) is 40.4 Å². The minimum atomic E-state index is -1.91. The van der Waals surface area contributed by atoms with Crippen LogP contribution < -0.4 is 0 Å². The van der Waals surface area contributed by atoms with E-state index in [-0.39, 0.29) is 36.1 Å². The van der Waals surface area contributed by atoms with E-state index in [0.717, 1.165) is 31.3 Å². The normalized spacial score (nSPS) is 51.4. The third kappa shape index (κ3) is 2.90. The van der Waals surface area contributed by atoms with Gasteiger partial charge in [-0.2, -0.15) is 0 Å². The lowest BCUT2D eigenvalue weighted by atomic mass is 9.37. The number of carbonyl (C=O) groups excluding carboxylic acids is 2. The molecule has 2 aliphatic heterocycles. The van der Waals surface area contributed by atoms with E-state index in [2.05, 4.69) is 6.92 Å². The van der Waals surface area contributed by atoms with E-state index in [1.54, 1.807) is 0 Å². The monoisotopic (exact) mass is 476 g/mol. The summed E-state index contributed by atoms with van der Waals surface area (Å²) in [5.41, 5.74) is -0.971. The number of ketones is 1. The maximum Gasteiger partial charge on any atom is 0.309 e. The van der Waals surface area contributed by atoms with Gasteiger partial charge in [0.15, 0.2) is 11.6 Å². The highest BCUT2D eigenvalue weighted by atomic mass is 16.6. The Morgan fingerprint density at radius 1 is 1.15 bits per heavy atom. The molecule has 1 spiro atoms. The Morgan fingerprint density at radius 3 is 2.56 bits per heavy atom. The minimum Gasteiger partial charge on any atom is -0.461 e. The van der Waals surface area contributed by atoms with Crippen molar-refractivity contribution in [3.05, 3.63) is 11.6 Å². The molecule has 2 bridgehead atoms. The van der Waals surface area contributed by atoms with Gasteiger partial charge in [0.2, 0.25) is 0 Å². The lowest BCUT2D eigenvalue weighted by molar-refractivity contribution is -0.337. The Morgan fingerprint density at radius 2 is 1.85 bits per heavy atom. The van der Waals surface area contributed by atoms with E-state index in [1.807, 2.05) is 20.8 Å². The number of rotatable bonds is 6. The summed E-state index contributed by atoms with van der Waals surface area (Å²) < 4.78 is 12.2. The molecule has 2 heterocycles. The smallest absolute Gasteiger partial charge is 0.309 e. The molecule has 190 valence electrons. The average Bonchev–Trinajstić information content (AvgIpc) is 3.08. The molecule has 0 aromatic carbocycles. The van der Waals surface area contributed by atoms with Crippen molar-refractivity contribution in [2.45, 2.75) is 96.7 Å². The van der Waals surface area contributed by atoms with Gasteiger partial charge >= 0.3 is 5.97 Å². The zero-order chi connectivity index (χ0) is 24.6. The van der Waals surface area contributed by atoms with Gasteiger partial charge in [-0.05, 0) is 43.6 Å². The van der Waals surface area contributed by atoms with Crippen molar-refractivity contribution in [1.29, 1.82) is 0 Å². The van der Waals surface area contributed by atoms with Gasteiger partial charge < -0.3 is 24.8 Å². The number of fused-ring (bicyclic) bond motifs is 1. The third-order valence-corrected chi connectivity index (χ3v) is 10.4. The molecule has 0 aromatic heterocycles. The topological polar surface area (TPSA) is 113 Å². The van der Waals surface area contributed by atoms with E-state index in [1.165, 1.54) is 12.5 Å². The van der Waals surface area contributed by atoms with Crippen LogP contribution in [0.3, 0.4) is 0 Å². The molecule has 5 rings (SSSR count). The number of allylic oxidation sites excluding steroid dienone is 1. The lowest BCUT2D eigenvalue weighted by Gasteiger charge is -2.68. The molecule has 2 saturated heterocycles. The number of carbonyl (C=O) groups is 2. The fourth-order valence-electron chi connectivity index (χ4n) is 9.08. The molecular formula is C27H40O7. The summed E-state index contributed by atoms with van der Waals surface area (Å²) in [7, 11) is 0. The number of esters is 1. The number of hydrogen-bond acceptors (Lipinski definition) is 7. The predicted molar refractivity (Wildman–Crippen MR) is 123 cm³/mol. The molecule has 0 amide bonds. The van der Waals surface area contributed by atoms with E-state index in [9.17, 15) is 24.9 Å². The van der Waals surface area contributed by atoms with Crippen LogP contribution in [-0.4, -0.2) is 57.8 Å². The van der Waals surface area contributed by atoms with E-state index in [4.69, 9.17) is 9.47 Å². The van der Waals surface area contributed by atoms with Gasteiger partial charge in [0.05, 0.1) is 12.5 Å². The molecule has 7 heteroatoms. The summed E-state index contributed by atoms with van der Waals surface area (Å²) in [6.07, 6.45) is 4.98. The minimum absolute atomic E-state index is 0.149. The van der Waals surface area contributed by atoms with Crippen LogP contribution in [-0.2, 0) is 19.1 Å². The summed E-state index contributed by atoms with van der Waals surface area (Å²) in [6, 6.07) is 0. The first-order chi connectivity index (χ1) is 16.0. The van der Waals surface area contributed by atoms with Crippen LogP contribution in [0.15, 0.2) is 11.6 Å². The van der Waals surface area contributed by atoms with Crippen LogP contribution in [0.4, 0.5) is 0 Å². The SMILES string of the molecule is CCCCCCC[C@H]1C(=O)OC2CC3C(C)=CC(=O)[C@@H](O)C3(C)C3C4(O)OC[C@@]23C1C(C)[C@@H]4O. The van der Waals surface area contributed by atoms with E-state index >= 15 is 0 Å². The van der Waals surface area contributed by atoms with Gasteiger partial charge in [0, 0.05) is 16.7 Å². The van der Waals surface area contributed by atoms with E-state index in [0.29, 0.717) is 12.8 Å². The van der Waals surface area contributed by atoms with Crippen molar-refractivity contribution >= 4 is 11.8 Å². The molecule has 5 aliphatic rings. The molecule has 3 aliphatic carbocycles. The third-order valence-electron chi connectivity index (χ3n) is 10.4. The highest BCUT2D eigenvalue weighted by Gasteiger charge is 2.82. The van der Waals surface area contributed by atoms with Gasteiger partial charge in [0.1, 0.15) is 18.3 Å². The predicted octanol–water partition coefficient (Wildman–Crippen LogP) is 2.75. The summed E-state index contributed by atoms with van der Waals surface area (Å²) in [4.78, 5) is 26.2. The lowest BCUT2D eigenvalue weighted by Crippen LogP contribution is -2.77. The molecule has 2 saturated carbocycles. The van der Waals surface area contributed by atoms with Gasteiger partial charge in [-0.3, -0.25) is 9.59 Å². The second kappa shape index (κ2) is 8.12. The molecule has 7 unspecified atom stereocenters. The Balaban J connectivity index is 1.60. The van der Waals surface area contributed by atoms with Crippen molar-refractivity contribution in [2.75, 3.05) is 6.61 Å². The molecule has 34 heavy (non-hydrogen) atoms. The second-order valence-electron chi connectivity index (χ2n) is 12.0. The van der Waals surface area contributed by atoms with Gasteiger partial charge in [0.25, 0.3) is 0 Å². The number of unbranched alkanes of at least 4 members (excludes halogenated alkanes) is 4. The second-order valence-corrected chi connectivity index (χ2v) is 12.0. The first-order valence-corrected chi connectivity index (χ1v) is 13.2. The fraction of sp³-hybridized carbons (Fsp3) is 0.852. The van der Waals surface area contributed by atoms with Crippen molar-refractivity contribution in [3.63, 3.8) is 0 Å². The van der Waals surface area contributed by atoms with Crippen LogP contribution in [0.25, 0.3) is 0 Å². The zero-order valence-electron chi connectivity index (χ0n) is 20.8. The number of ether oxygens (including phenoxy) is 2. The number of hydrogen-bond donors (Lipinski definition) is 3. The highest BCUT2D eigenvalue weighted by Crippen LogP contribution is 2.74. The molecule has 0 aromatic rings. The first-order valence-electron chi connectivity index (χ1n) is 13.2. The van der Waals surface area contributed by atoms with Crippen LogP contribution in [0, 0.1) is 40.4 Å². The summed E-state index contributed by atoms with van der Waals surface area (Å²) in [6.45, 7) is 7.93. The summed E-state index contributed by atoms with van der Waals surface area (Å²) in [5.74, 6) is -4.53. The van der Waals surface area contributed by atoms with Crippen molar-refractivity contribution < 1.29 is 34.4 Å². The first kappa shape index (κ1) is 24.4.